The van der Waals surface area contributed by atoms with Gasteiger partial charge in [0.1, 0.15) is 12.4 Å². The van der Waals surface area contributed by atoms with Crippen LogP contribution in [0, 0.1) is 0 Å². The van der Waals surface area contributed by atoms with Gasteiger partial charge in [-0.15, -0.1) is 0 Å². The predicted molar refractivity (Wildman–Crippen MR) is 95.3 cm³/mol. The van der Waals surface area contributed by atoms with Crippen LogP contribution in [0.15, 0.2) is 70.4 Å². The van der Waals surface area contributed by atoms with Crippen molar-refractivity contribution in [2.24, 2.45) is 5.10 Å². The van der Waals surface area contributed by atoms with E-state index in [9.17, 15) is 4.79 Å². The lowest BCUT2D eigenvalue weighted by atomic mass is 10.2. The third-order valence-corrected chi connectivity index (χ3v) is 3.44. The second-order valence-electron chi connectivity index (χ2n) is 5.23. The van der Waals surface area contributed by atoms with Crippen LogP contribution in [0.4, 0.5) is 0 Å². The quantitative estimate of drug-likeness (QED) is 0.522. The fourth-order valence-electron chi connectivity index (χ4n) is 2.08. The zero-order valence-electron chi connectivity index (χ0n) is 14.1. The predicted octanol–water partition coefficient (Wildman–Crippen LogP) is 3.03. The Morgan fingerprint density at radius 2 is 1.92 bits per heavy atom. The fourth-order valence-corrected chi connectivity index (χ4v) is 2.08. The number of hydrogen-bond acceptors (Lipinski definition) is 6. The van der Waals surface area contributed by atoms with Crippen LogP contribution >= 0.6 is 0 Å². The normalized spacial score (nSPS) is 10.7. The van der Waals surface area contributed by atoms with Gasteiger partial charge in [0, 0.05) is 24.0 Å². The molecule has 0 saturated carbocycles. The zero-order valence-corrected chi connectivity index (χ0v) is 14.1. The van der Waals surface area contributed by atoms with Crippen LogP contribution in [0.25, 0.3) is 0 Å². The van der Waals surface area contributed by atoms with Crippen molar-refractivity contribution in [3.05, 3.63) is 77.8 Å². The minimum atomic E-state index is -0.328. The molecule has 1 N–H and O–H groups in total. The largest absolute Gasteiger partial charge is 0.497 e. The van der Waals surface area contributed by atoms with Crippen molar-refractivity contribution in [2.45, 2.75) is 6.61 Å². The average Bonchev–Trinajstić information content (AvgIpc) is 3.15. The van der Waals surface area contributed by atoms with E-state index in [4.69, 9.17) is 13.9 Å². The van der Waals surface area contributed by atoms with Gasteiger partial charge in [-0.05, 0) is 35.9 Å². The molecule has 26 heavy (non-hydrogen) atoms. The van der Waals surface area contributed by atoms with Crippen LogP contribution in [-0.4, -0.2) is 24.2 Å². The Morgan fingerprint density at radius 3 is 2.65 bits per heavy atom. The number of rotatable bonds is 7. The smallest absolute Gasteiger partial charge is 0.285 e. The van der Waals surface area contributed by atoms with E-state index in [-0.39, 0.29) is 5.91 Å². The van der Waals surface area contributed by atoms with Gasteiger partial charge in [0.25, 0.3) is 11.9 Å². The molecule has 3 rings (SSSR count). The number of amides is 1. The first kappa shape index (κ1) is 17.2. The number of carbonyl (C=O) groups excluding carboxylic acids is 1. The SMILES string of the molecule is COc1ccc(COc2ccc(/C=N/NC(=O)c3ccncc3)o2)cc1. The lowest BCUT2D eigenvalue weighted by molar-refractivity contribution is 0.0955. The molecule has 0 unspecified atom stereocenters. The highest BCUT2D eigenvalue weighted by atomic mass is 16.6. The van der Waals surface area contributed by atoms with E-state index in [1.54, 1.807) is 31.4 Å². The van der Waals surface area contributed by atoms with Crippen LogP contribution in [0.1, 0.15) is 21.7 Å². The van der Waals surface area contributed by atoms with Crippen LogP contribution in [0.5, 0.6) is 11.7 Å². The maximum atomic E-state index is 11.8. The number of pyridine rings is 1. The molecule has 0 saturated heterocycles. The second kappa shape index (κ2) is 8.48. The summed E-state index contributed by atoms with van der Waals surface area (Å²) < 4.78 is 16.2. The highest BCUT2D eigenvalue weighted by Gasteiger charge is 2.04. The maximum Gasteiger partial charge on any atom is 0.285 e. The number of nitrogens with one attached hydrogen (secondary N) is 1. The minimum Gasteiger partial charge on any atom is -0.497 e. The van der Waals surface area contributed by atoms with Gasteiger partial charge in [-0.1, -0.05) is 12.1 Å². The van der Waals surface area contributed by atoms with Gasteiger partial charge in [0.15, 0.2) is 5.76 Å². The number of furan rings is 1. The van der Waals surface area contributed by atoms with Crippen molar-refractivity contribution >= 4 is 12.1 Å². The summed E-state index contributed by atoms with van der Waals surface area (Å²) >= 11 is 0. The van der Waals surface area contributed by atoms with Crippen LogP contribution in [-0.2, 0) is 6.61 Å². The van der Waals surface area contributed by atoms with Gasteiger partial charge in [-0.25, -0.2) is 5.43 Å². The molecule has 0 spiro atoms. The van der Waals surface area contributed by atoms with Gasteiger partial charge in [-0.2, -0.15) is 5.10 Å². The summed E-state index contributed by atoms with van der Waals surface area (Å²) in [5, 5.41) is 3.86. The number of hydrogen-bond donors (Lipinski definition) is 1. The van der Waals surface area contributed by atoms with E-state index in [1.165, 1.54) is 18.6 Å². The number of aromatic nitrogens is 1. The zero-order chi connectivity index (χ0) is 18.2. The topological polar surface area (TPSA) is 86.0 Å². The number of carbonyl (C=O) groups is 1. The molecule has 0 atom stereocenters. The molecule has 0 bridgehead atoms. The molecule has 0 fully saturated rings. The van der Waals surface area contributed by atoms with Crippen molar-refractivity contribution in [1.29, 1.82) is 0 Å². The van der Waals surface area contributed by atoms with Crippen LogP contribution in [0.3, 0.4) is 0 Å². The first-order valence-electron chi connectivity index (χ1n) is 7.83. The summed E-state index contributed by atoms with van der Waals surface area (Å²) in [5.74, 6) is 1.29. The van der Waals surface area contributed by atoms with E-state index in [0.717, 1.165) is 11.3 Å². The van der Waals surface area contributed by atoms with Gasteiger partial charge in [0.05, 0.1) is 13.3 Å². The van der Waals surface area contributed by atoms with Crippen LogP contribution < -0.4 is 14.9 Å². The Kier molecular flexibility index (Phi) is 5.61. The summed E-state index contributed by atoms with van der Waals surface area (Å²) in [7, 11) is 1.62. The molecular weight excluding hydrogens is 334 g/mol. The first-order chi connectivity index (χ1) is 12.7. The Morgan fingerprint density at radius 1 is 1.15 bits per heavy atom. The standard InChI is InChI=1S/C19H17N3O4/c1-24-16-4-2-14(3-5-16)13-25-18-7-6-17(26-18)12-21-22-19(23)15-8-10-20-11-9-15/h2-12H,13H2,1H3,(H,22,23)/b21-12+. The van der Waals surface area contributed by atoms with Crippen molar-refractivity contribution in [1.82, 2.24) is 10.4 Å². The third-order valence-electron chi connectivity index (χ3n) is 3.44. The molecule has 0 aliphatic carbocycles. The van der Waals surface area contributed by atoms with E-state index < -0.39 is 0 Å². The maximum absolute atomic E-state index is 11.8. The van der Waals surface area contributed by atoms with E-state index >= 15 is 0 Å². The summed E-state index contributed by atoms with van der Waals surface area (Å²) in [6.07, 6.45) is 4.48. The van der Waals surface area contributed by atoms with Crippen molar-refractivity contribution in [2.75, 3.05) is 7.11 Å². The van der Waals surface area contributed by atoms with E-state index in [0.29, 0.717) is 23.9 Å². The molecule has 2 heterocycles. The number of hydrazone groups is 1. The van der Waals surface area contributed by atoms with E-state index in [1.807, 2.05) is 24.3 Å². The average molecular weight is 351 g/mol. The number of ether oxygens (including phenoxy) is 2. The lowest BCUT2D eigenvalue weighted by Gasteiger charge is -2.04. The molecule has 3 aromatic rings. The molecular formula is C19H17N3O4. The number of benzene rings is 1. The van der Waals surface area contributed by atoms with Gasteiger partial charge >= 0.3 is 0 Å². The lowest BCUT2D eigenvalue weighted by Crippen LogP contribution is -2.17. The monoisotopic (exact) mass is 351 g/mol. The highest BCUT2D eigenvalue weighted by Crippen LogP contribution is 2.17. The molecule has 1 amide bonds. The molecule has 0 aliphatic rings. The molecule has 7 heteroatoms. The summed E-state index contributed by atoms with van der Waals surface area (Å²) in [6, 6.07) is 14.2. The van der Waals surface area contributed by atoms with Gasteiger partial charge < -0.3 is 13.9 Å². The summed E-state index contributed by atoms with van der Waals surface area (Å²) in [6.45, 7) is 0.368. The second-order valence-corrected chi connectivity index (χ2v) is 5.23. The van der Waals surface area contributed by atoms with Crippen molar-refractivity contribution in [3.8, 4) is 11.7 Å². The molecule has 1 aromatic carbocycles. The third kappa shape index (κ3) is 4.70. The molecule has 2 aromatic heterocycles. The Hall–Kier alpha value is -3.61. The number of methoxy groups -OCH3 is 1. The Balaban J connectivity index is 1.50. The molecule has 7 nitrogen and oxygen atoms in total. The number of nitrogens with zero attached hydrogens (tertiary/aromatic N) is 2. The van der Waals surface area contributed by atoms with E-state index in [2.05, 4.69) is 15.5 Å². The summed E-state index contributed by atoms with van der Waals surface area (Å²) in [5.41, 5.74) is 3.88. The molecule has 0 aliphatic heterocycles. The fraction of sp³-hybridized carbons (Fsp3) is 0.105. The first-order valence-corrected chi connectivity index (χ1v) is 7.83. The van der Waals surface area contributed by atoms with Gasteiger partial charge in [0.2, 0.25) is 0 Å². The minimum absolute atomic E-state index is 0.328. The Labute approximate surface area is 150 Å². The van der Waals surface area contributed by atoms with Crippen molar-refractivity contribution < 1.29 is 18.7 Å². The van der Waals surface area contributed by atoms with Crippen LogP contribution in [0.2, 0.25) is 0 Å². The summed E-state index contributed by atoms with van der Waals surface area (Å²) in [4.78, 5) is 15.7. The molecule has 0 radical (unpaired) electrons. The van der Waals surface area contributed by atoms with Gasteiger partial charge in [-0.3, -0.25) is 9.78 Å². The Bertz CT molecular complexity index is 873. The van der Waals surface area contributed by atoms with Crippen molar-refractivity contribution in [3.63, 3.8) is 0 Å². The highest BCUT2D eigenvalue weighted by molar-refractivity contribution is 5.94. The molecule has 132 valence electrons.